The smallest absolute Gasteiger partial charge is 0.341 e. The summed E-state index contributed by atoms with van der Waals surface area (Å²) in [4.78, 5) is 36.7. The number of piperidine rings is 1. The minimum atomic E-state index is -1.30. The first-order valence-electron chi connectivity index (χ1n) is 18.2. The molecule has 1 aromatic heterocycles. The van der Waals surface area contributed by atoms with Crippen LogP contribution in [0.4, 0.5) is 10.1 Å². The topological polar surface area (TPSA) is 121 Å². The number of hydrogen-bond acceptors (Lipinski definition) is 6. The van der Waals surface area contributed by atoms with E-state index in [4.69, 9.17) is 9.84 Å². The van der Waals surface area contributed by atoms with E-state index in [9.17, 15) is 19.5 Å². The van der Waals surface area contributed by atoms with Crippen molar-refractivity contribution in [2.24, 2.45) is 5.92 Å². The van der Waals surface area contributed by atoms with Crippen molar-refractivity contribution >= 4 is 28.5 Å². The minimum absolute atomic E-state index is 0.0599. The molecule has 2 aliphatic heterocycles. The van der Waals surface area contributed by atoms with Gasteiger partial charge in [0.2, 0.25) is 5.43 Å². The number of pyridine rings is 1. The van der Waals surface area contributed by atoms with Crippen molar-refractivity contribution in [3.8, 4) is 5.75 Å². The third-order valence-electron chi connectivity index (χ3n) is 9.98. The second kappa shape index (κ2) is 18.4. The van der Waals surface area contributed by atoms with Gasteiger partial charge >= 0.3 is 11.9 Å². The van der Waals surface area contributed by atoms with E-state index >= 15 is 4.39 Å². The van der Waals surface area contributed by atoms with Crippen molar-refractivity contribution < 1.29 is 28.9 Å². The summed E-state index contributed by atoms with van der Waals surface area (Å²) >= 11 is 0. The molecule has 9 nitrogen and oxygen atoms in total. The minimum Gasteiger partial charge on any atom is -0.492 e. The molecule has 47 heavy (non-hydrogen) atoms. The number of unbranched alkanes of at least 4 members (excludes halogenated alkanes) is 12. The number of aromatic nitrogens is 1. The molecule has 2 aromatic rings. The molecule has 1 aliphatic carbocycles. The summed E-state index contributed by atoms with van der Waals surface area (Å²) in [5.74, 6) is -1.72. The van der Waals surface area contributed by atoms with Gasteiger partial charge in [0.25, 0.3) is 0 Å². The third kappa shape index (κ3) is 10.2. The van der Waals surface area contributed by atoms with Crippen LogP contribution in [0.3, 0.4) is 0 Å². The Labute approximate surface area is 278 Å². The predicted octanol–water partition coefficient (Wildman–Crippen LogP) is 7.92. The number of carboxylic acids is 2. The Kier molecular flexibility index (Phi) is 14.4. The molecule has 1 aromatic carbocycles. The SMILES string of the molecule is CCCCCCCCCCCCCCCC(=O)O.COc1c(N2C[C@@H]3CCCN[C@@H]3C2)c(F)cc2c(=O)c(C(=O)O)cn(C3CC3)c12. The molecule has 0 radical (unpaired) electrons. The molecule has 262 valence electrons. The van der Waals surface area contributed by atoms with Crippen LogP contribution in [-0.4, -0.2) is 59.5 Å². The number of hydrogen-bond donors (Lipinski definition) is 3. The van der Waals surface area contributed by atoms with Crippen LogP contribution in [-0.2, 0) is 4.79 Å². The zero-order valence-corrected chi connectivity index (χ0v) is 28.5. The zero-order chi connectivity index (χ0) is 33.8. The molecule has 2 saturated heterocycles. The second-order valence-electron chi connectivity index (χ2n) is 13.7. The Balaban J connectivity index is 0.000000242. The van der Waals surface area contributed by atoms with Gasteiger partial charge in [-0.05, 0) is 50.6 Å². The highest BCUT2D eigenvalue weighted by Gasteiger charge is 2.38. The quantitative estimate of drug-likeness (QED) is 0.138. The third-order valence-corrected chi connectivity index (χ3v) is 9.98. The van der Waals surface area contributed by atoms with E-state index in [-0.39, 0.29) is 17.0 Å². The van der Waals surface area contributed by atoms with Crippen LogP contribution in [0.25, 0.3) is 10.9 Å². The number of anilines is 1. The fraction of sp³-hybridized carbons (Fsp3) is 0.703. The van der Waals surface area contributed by atoms with Crippen LogP contribution in [0.5, 0.6) is 5.75 Å². The number of aromatic carboxylic acids is 1. The lowest BCUT2D eigenvalue weighted by Gasteiger charge is -2.25. The summed E-state index contributed by atoms with van der Waals surface area (Å²) in [7, 11) is 1.48. The molecule has 3 aliphatic rings. The van der Waals surface area contributed by atoms with Crippen LogP contribution in [0.1, 0.15) is 139 Å². The van der Waals surface area contributed by atoms with Gasteiger partial charge in [0.1, 0.15) is 11.3 Å². The first kappa shape index (κ1) is 36.7. The van der Waals surface area contributed by atoms with Gasteiger partial charge in [-0.2, -0.15) is 0 Å². The van der Waals surface area contributed by atoms with Crippen LogP contribution in [0, 0.1) is 11.7 Å². The fourth-order valence-corrected chi connectivity index (χ4v) is 7.25. The highest BCUT2D eigenvalue weighted by molar-refractivity contribution is 5.97. The number of halogens is 1. The number of rotatable bonds is 18. The zero-order valence-electron chi connectivity index (χ0n) is 28.5. The van der Waals surface area contributed by atoms with Crippen LogP contribution in [0.2, 0.25) is 0 Å². The summed E-state index contributed by atoms with van der Waals surface area (Å²) < 4.78 is 22.8. The largest absolute Gasteiger partial charge is 0.492 e. The summed E-state index contributed by atoms with van der Waals surface area (Å²) in [6, 6.07) is 1.62. The average Bonchev–Trinajstić information content (AvgIpc) is 3.81. The van der Waals surface area contributed by atoms with Crippen molar-refractivity contribution in [1.29, 1.82) is 0 Å². The Morgan fingerprint density at radius 1 is 0.936 bits per heavy atom. The van der Waals surface area contributed by atoms with E-state index in [1.165, 1.54) is 90.0 Å². The van der Waals surface area contributed by atoms with Gasteiger partial charge < -0.3 is 29.7 Å². The number of fused-ring (bicyclic) bond motifs is 2. The molecule has 1 saturated carbocycles. The van der Waals surface area contributed by atoms with Crippen molar-refractivity contribution in [2.45, 2.75) is 135 Å². The number of carbonyl (C=O) groups is 2. The predicted molar refractivity (Wildman–Crippen MR) is 185 cm³/mol. The lowest BCUT2D eigenvalue weighted by Crippen LogP contribution is -2.40. The second-order valence-corrected chi connectivity index (χ2v) is 13.7. The first-order valence-corrected chi connectivity index (χ1v) is 18.2. The van der Waals surface area contributed by atoms with Crippen molar-refractivity contribution in [3.05, 3.63) is 33.9 Å². The van der Waals surface area contributed by atoms with Gasteiger partial charge in [0, 0.05) is 37.8 Å². The molecular formula is C37H56FN3O6. The molecule has 0 spiro atoms. The number of nitrogens with zero attached hydrogens (tertiary/aromatic N) is 2. The number of aliphatic carboxylic acids is 1. The molecule has 5 rings (SSSR count). The Morgan fingerprint density at radius 3 is 2.09 bits per heavy atom. The summed E-state index contributed by atoms with van der Waals surface area (Å²) in [5.41, 5.74) is -0.155. The molecular weight excluding hydrogens is 601 g/mol. The van der Waals surface area contributed by atoms with Crippen molar-refractivity contribution in [3.63, 3.8) is 0 Å². The van der Waals surface area contributed by atoms with Crippen LogP contribution in [0.15, 0.2) is 17.1 Å². The molecule has 0 amide bonds. The van der Waals surface area contributed by atoms with Crippen LogP contribution < -0.4 is 20.4 Å². The summed E-state index contributed by atoms with van der Waals surface area (Å²) in [5, 5.41) is 21.5. The highest BCUT2D eigenvalue weighted by atomic mass is 19.1. The number of nitrogens with one attached hydrogen (secondary N) is 1. The number of ether oxygens (including phenoxy) is 1. The first-order chi connectivity index (χ1) is 22.8. The molecule has 3 N–H and O–H groups in total. The molecule has 3 heterocycles. The van der Waals surface area contributed by atoms with Gasteiger partial charge in [0.05, 0.1) is 18.0 Å². The fourth-order valence-electron chi connectivity index (χ4n) is 7.25. The van der Waals surface area contributed by atoms with Crippen molar-refractivity contribution in [1.82, 2.24) is 9.88 Å². The van der Waals surface area contributed by atoms with Gasteiger partial charge in [-0.25, -0.2) is 9.18 Å². The Hall–Kier alpha value is -3.14. The molecule has 10 heteroatoms. The summed E-state index contributed by atoms with van der Waals surface area (Å²) in [6.45, 7) is 4.66. The van der Waals surface area contributed by atoms with E-state index in [1.807, 2.05) is 4.90 Å². The van der Waals surface area contributed by atoms with Gasteiger partial charge in [-0.3, -0.25) is 9.59 Å². The van der Waals surface area contributed by atoms with E-state index in [0.29, 0.717) is 41.9 Å². The Bertz CT molecular complexity index is 1380. The highest BCUT2D eigenvalue weighted by Crippen LogP contribution is 2.45. The van der Waals surface area contributed by atoms with E-state index in [0.717, 1.165) is 51.6 Å². The van der Waals surface area contributed by atoms with Gasteiger partial charge in [0.15, 0.2) is 11.6 Å². The maximum absolute atomic E-state index is 15.3. The Morgan fingerprint density at radius 2 is 1.55 bits per heavy atom. The molecule has 3 fully saturated rings. The van der Waals surface area contributed by atoms with E-state index < -0.39 is 23.2 Å². The maximum atomic E-state index is 15.3. The molecule has 2 atom stereocenters. The van der Waals surface area contributed by atoms with E-state index in [1.54, 1.807) is 4.57 Å². The van der Waals surface area contributed by atoms with Crippen molar-refractivity contribution in [2.75, 3.05) is 31.6 Å². The average molecular weight is 658 g/mol. The normalized spacial score (nSPS) is 18.9. The molecule has 0 unspecified atom stereocenters. The van der Waals surface area contributed by atoms with E-state index in [2.05, 4.69) is 12.2 Å². The monoisotopic (exact) mass is 657 g/mol. The van der Waals surface area contributed by atoms with Gasteiger partial charge in [-0.1, -0.05) is 84.0 Å². The maximum Gasteiger partial charge on any atom is 0.341 e. The summed E-state index contributed by atoms with van der Waals surface area (Å²) in [6.07, 6.45) is 22.7. The lowest BCUT2D eigenvalue weighted by molar-refractivity contribution is -0.137. The number of carboxylic acid groups (broad SMARTS) is 2. The lowest BCUT2D eigenvalue weighted by atomic mass is 9.94. The van der Waals surface area contributed by atoms with Crippen LogP contribution >= 0.6 is 0 Å². The standard InChI is InChI=1S/C21H24FN3O4.C16H32O2/c1-29-20-17-13(19(26)14(21(27)28)9-25(17)12-4-5-12)7-15(22)18(20)24-8-11-3-2-6-23-16(11)10-24;1-2-3-4-5-6-7-8-9-10-11-12-13-14-15-16(17)18/h7,9,11-12,16,23H,2-6,8,10H2,1H3,(H,27,28);2-15H2,1H3,(H,17,18)/t11-,16+;/m0./s1. The number of methoxy groups -OCH3 is 1. The number of benzene rings is 1. The van der Waals surface area contributed by atoms with Gasteiger partial charge in [-0.15, -0.1) is 0 Å². The molecule has 0 bridgehead atoms.